The maximum absolute atomic E-state index is 13.8. The number of halogens is 3. The fourth-order valence-corrected chi connectivity index (χ4v) is 3.75. The molecule has 0 radical (unpaired) electrons. The predicted molar refractivity (Wildman–Crippen MR) is 135 cm³/mol. The largest absolute Gasteiger partial charge is 0.444 e. The van der Waals surface area contributed by atoms with Crippen molar-refractivity contribution in [2.24, 2.45) is 0 Å². The SMILES string of the molecule is CC(C)(C)OC(=O)N1CCN(CC(=O)Nc2cccc(NC(=O)OCc3ccccc3)c2)[C@H](C(F)(F)F)C1. The first-order chi connectivity index (χ1) is 17.8. The van der Waals surface area contributed by atoms with Crippen molar-refractivity contribution in [1.29, 1.82) is 0 Å². The highest BCUT2D eigenvalue weighted by molar-refractivity contribution is 5.93. The molecule has 1 heterocycles. The molecule has 2 N–H and O–H groups in total. The summed E-state index contributed by atoms with van der Waals surface area (Å²) < 4.78 is 51.7. The van der Waals surface area contributed by atoms with Crippen molar-refractivity contribution >= 4 is 29.5 Å². The van der Waals surface area contributed by atoms with Gasteiger partial charge in [-0.15, -0.1) is 0 Å². The number of amides is 3. The van der Waals surface area contributed by atoms with Crippen molar-refractivity contribution in [1.82, 2.24) is 9.80 Å². The number of nitrogens with one attached hydrogen (secondary N) is 2. The zero-order valence-corrected chi connectivity index (χ0v) is 21.4. The van der Waals surface area contributed by atoms with E-state index in [4.69, 9.17) is 9.47 Å². The molecule has 206 valence electrons. The Morgan fingerprint density at radius 2 is 1.61 bits per heavy atom. The number of piperazine rings is 1. The molecular weight excluding hydrogens is 505 g/mol. The molecule has 1 fully saturated rings. The Hall–Kier alpha value is -3.80. The third-order valence-corrected chi connectivity index (χ3v) is 5.47. The lowest BCUT2D eigenvalue weighted by Crippen LogP contribution is -2.61. The van der Waals surface area contributed by atoms with E-state index in [1.165, 1.54) is 6.07 Å². The van der Waals surface area contributed by atoms with Gasteiger partial charge in [-0.2, -0.15) is 13.2 Å². The highest BCUT2D eigenvalue weighted by Gasteiger charge is 2.48. The highest BCUT2D eigenvalue weighted by Crippen LogP contribution is 2.28. The second-order valence-corrected chi connectivity index (χ2v) is 9.77. The minimum atomic E-state index is -4.66. The second kappa shape index (κ2) is 12.2. The van der Waals surface area contributed by atoms with Crippen LogP contribution in [0.1, 0.15) is 26.3 Å². The smallest absolute Gasteiger partial charge is 0.411 e. The van der Waals surface area contributed by atoms with E-state index in [0.717, 1.165) is 15.4 Å². The molecule has 1 atom stereocenters. The van der Waals surface area contributed by atoms with E-state index in [1.807, 2.05) is 30.3 Å². The Morgan fingerprint density at radius 1 is 0.947 bits per heavy atom. The molecule has 9 nitrogen and oxygen atoms in total. The first-order valence-electron chi connectivity index (χ1n) is 12.0. The molecule has 2 aromatic rings. The molecule has 3 rings (SSSR count). The van der Waals surface area contributed by atoms with Gasteiger partial charge >= 0.3 is 18.4 Å². The fraction of sp³-hybridized carbons (Fsp3) is 0.423. The molecule has 1 saturated heterocycles. The van der Waals surface area contributed by atoms with E-state index in [2.05, 4.69) is 10.6 Å². The van der Waals surface area contributed by atoms with Gasteiger partial charge in [0, 0.05) is 31.0 Å². The van der Waals surface area contributed by atoms with E-state index in [-0.39, 0.29) is 25.4 Å². The number of alkyl halides is 3. The van der Waals surface area contributed by atoms with Gasteiger partial charge in [0.05, 0.1) is 6.54 Å². The van der Waals surface area contributed by atoms with E-state index >= 15 is 0 Å². The van der Waals surface area contributed by atoms with Gasteiger partial charge < -0.3 is 19.7 Å². The van der Waals surface area contributed by atoms with Crippen LogP contribution in [0.4, 0.5) is 34.1 Å². The normalized spacial score (nSPS) is 16.5. The first-order valence-corrected chi connectivity index (χ1v) is 12.0. The van der Waals surface area contributed by atoms with Crippen LogP contribution in [0.25, 0.3) is 0 Å². The number of rotatable bonds is 6. The molecule has 12 heteroatoms. The Balaban J connectivity index is 1.55. The van der Waals surface area contributed by atoms with Gasteiger partial charge in [0.25, 0.3) is 0 Å². The molecule has 0 saturated carbocycles. The van der Waals surface area contributed by atoms with Crippen molar-refractivity contribution in [3.05, 3.63) is 60.2 Å². The summed E-state index contributed by atoms with van der Waals surface area (Å²) in [6.07, 6.45) is -6.19. The number of carbonyl (C=O) groups excluding carboxylic acids is 3. The number of hydrogen-bond acceptors (Lipinski definition) is 6. The standard InChI is InChI=1S/C26H31F3N4O5/c1-25(2,3)38-24(36)33-13-12-32(21(15-33)26(27,28)29)16-22(34)30-19-10-7-11-20(14-19)31-23(35)37-17-18-8-5-4-6-9-18/h4-11,14,21H,12-13,15-17H2,1-3H3,(H,30,34)(H,31,35)/t21-/m0/s1. The molecule has 0 aromatic heterocycles. The van der Waals surface area contributed by atoms with Crippen LogP contribution in [0.2, 0.25) is 0 Å². The maximum Gasteiger partial charge on any atom is 0.411 e. The minimum Gasteiger partial charge on any atom is -0.444 e. The topological polar surface area (TPSA) is 100 Å². The molecule has 1 aliphatic heterocycles. The quantitative estimate of drug-likeness (QED) is 0.547. The molecule has 0 bridgehead atoms. The van der Waals surface area contributed by atoms with E-state index in [9.17, 15) is 27.6 Å². The van der Waals surface area contributed by atoms with Crippen LogP contribution in [0.3, 0.4) is 0 Å². The average Bonchev–Trinajstić information content (AvgIpc) is 2.82. The third kappa shape index (κ3) is 8.94. The summed E-state index contributed by atoms with van der Waals surface area (Å²) in [5.74, 6) is -0.672. The van der Waals surface area contributed by atoms with Crippen LogP contribution < -0.4 is 10.6 Å². The van der Waals surface area contributed by atoms with Crippen LogP contribution in [0, 0.1) is 0 Å². The summed E-state index contributed by atoms with van der Waals surface area (Å²) in [5.41, 5.74) is 0.587. The molecule has 1 aliphatic rings. The lowest BCUT2D eigenvalue weighted by atomic mass is 10.1. The first kappa shape index (κ1) is 28.8. The van der Waals surface area contributed by atoms with Gasteiger partial charge in [-0.25, -0.2) is 9.59 Å². The van der Waals surface area contributed by atoms with Gasteiger partial charge in [-0.3, -0.25) is 15.0 Å². The molecular formula is C26H31F3N4O5. The monoisotopic (exact) mass is 536 g/mol. The Labute approximate surface area is 218 Å². The maximum atomic E-state index is 13.8. The minimum absolute atomic E-state index is 0.0146. The Morgan fingerprint density at radius 3 is 2.24 bits per heavy atom. The number of nitrogens with zero attached hydrogens (tertiary/aromatic N) is 2. The molecule has 0 spiro atoms. The molecule has 2 aromatic carbocycles. The zero-order valence-electron chi connectivity index (χ0n) is 21.4. The predicted octanol–water partition coefficient (Wildman–Crippen LogP) is 4.86. The number of anilines is 2. The van der Waals surface area contributed by atoms with E-state index in [0.29, 0.717) is 5.69 Å². The number of hydrogen-bond donors (Lipinski definition) is 2. The zero-order chi connectivity index (χ0) is 27.9. The van der Waals surface area contributed by atoms with Gasteiger partial charge in [-0.05, 0) is 44.5 Å². The van der Waals surface area contributed by atoms with Crippen LogP contribution in [0.15, 0.2) is 54.6 Å². The van der Waals surface area contributed by atoms with Crippen molar-refractivity contribution in [3.63, 3.8) is 0 Å². The van der Waals surface area contributed by atoms with E-state index < -0.39 is 49.0 Å². The summed E-state index contributed by atoms with van der Waals surface area (Å²) in [5, 5.41) is 5.10. The lowest BCUT2D eigenvalue weighted by molar-refractivity contribution is -0.195. The number of carbonyl (C=O) groups is 3. The average molecular weight is 537 g/mol. The Bertz CT molecular complexity index is 1120. The summed E-state index contributed by atoms with van der Waals surface area (Å²) in [4.78, 5) is 39.0. The van der Waals surface area contributed by atoms with Gasteiger partial charge in [0.1, 0.15) is 18.2 Å². The van der Waals surface area contributed by atoms with Gasteiger partial charge in [0.15, 0.2) is 0 Å². The summed E-state index contributed by atoms with van der Waals surface area (Å²) in [6, 6.07) is 13.2. The molecule has 38 heavy (non-hydrogen) atoms. The van der Waals surface area contributed by atoms with Crippen LogP contribution in [0.5, 0.6) is 0 Å². The van der Waals surface area contributed by atoms with Crippen molar-refractivity contribution in [3.8, 4) is 0 Å². The van der Waals surface area contributed by atoms with Crippen molar-refractivity contribution in [2.45, 2.75) is 45.2 Å². The second-order valence-electron chi connectivity index (χ2n) is 9.77. The summed E-state index contributed by atoms with van der Waals surface area (Å²) in [7, 11) is 0. The van der Waals surface area contributed by atoms with Gasteiger partial charge in [0.2, 0.25) is 5.91 Å². The Kier molecular flexibility index (Phi) is 9.21. The summed E-state index contributed by atoms with van der Waals surface area (Å²) >= 11 is 0. The molecule has 3 amide bonds. The van der Waals surface area contributed by atoms with Crippen LogP contribution in [-0.4, -0.2) is 71.9 Å². The third-order valence-electron chi connectivity index (χ3n) is 5.47. The lowest BCUT2D eigenvalue weighted by Gasteiger charge is -2.41. The molecule has 0 unspecified atom stereocenters. The van der Waals surface area contributed by atoms with Crippen LogP contribution >= 0.6 is 0 Å². The van der Waals surface area contributed by atoms with Gasteiger partial charge in [-0.1, -0.05) is 36.4 Å². The number of ether oxygens (including phenoxy) is 2. The highest BCUT2D eigenvalue weighted by atomic mass is 19.4. The van der Waals surface area contributed by atoms with E-state index in [1.54, 1.807) is 39.0 Å². The summed E-state index contributed by atoms with van der Waals surface area (Å²) in [6.45, 7) is 3.61. The van der Waals surface area contributed by atoms with Crippen molar-refractivity contribution < 1.29 is 37.0 Å². The fourth-order valence-electron chi connectivity index (χ4n) is 3.75. The number of benzene rings is 2. The van der Waals surface area contributed by atoms with Crippen LogP contribution in [-0.2, 0) is 20.9 Å². The molecule has 0 aliphatic carbocycles. The van der Waals surface area contributed by atoms with Crippen molar-refractivity contribution in [2.75, 3.05) is 36.8 Å².